The van der Waals surface area contributed by atoms with E-state index in [1.165, 1.54) is 32.1 Å². The highest BCUT2D eigenvalue weighted by molar-refractivity contribution is 5.30. The highest BCUT2D eigenvalue weighted by Gasteiger charge is 2.37. The molecule has 3 rings (SSSR count). The molecule has 2 atom stereocenters. The maximum Gasteiger partial charge on any atom is 0.318 e. The number of hydrogen-bond donors (Lipinski definition) is 1. The molecule has 2 heterocycles. The maximum absolute atomic E-state index is 5.54. The molecule has 5 heteroatoms. The highest BCUT2D eigenvalue weighted by Crippen LogP contribution is 2.38. The lowest BCUT2D eigenvalue weighted by Gasteiger charge is -2.30. The Labute approximate surface area is 95.0 Å². The van der Waals surface area contributed by atoms with Crippen LogP contribution < -0.4 is 10.6 Å². The van der Waals surface area contributed by atoms with Gasteiger partial charge in [0.1, 0.15) is 0 Å². The average Bonchev–Trinajstić information content (AvgIpc) is 2.94. The smallest absolute Gasteiger partial charge is 0.318 e. The summed E-state index contributed by atoms with van der Waals surface area (Å²) in [6, 6.07) is 1.30. The van der Waals surface area contributed by atoms with Gasteiger partial charge >= 0.3 is 6.01 Å². The van der Waals surface area contributed by atoms with Gasteiger partial charge < -0.3 is 15.1 Å². The van der Waals surface area contributed by atoms with E-state index in [0.29, 0.717) is 24.5 Å². The van der Waals surface area contributed by atoms with E-state index in [-0.39, 0.29) is 0 Å². The summed E-state index contributed by atoms with van der Waals surface area (Å²) < 4.78 is 5.54. The summed E-state index contributed by atoms with van der Waals surface area (Å²) in [4.78, 5) is 2.29. The van der Waals surface area contributed by atoms with Crippen LogP contribution >= 0.6 is 0 Å². The van der Waals surface area contributed by atoms with Gasteiger partial charge in [0, 0.05) is 12.6 Å². The zero-order chi connectivity index (χ0) is 11.0. The zero-order valence-electron chi connectivity index (χ0n) is 9.43. The van der Waals surface area contributed by atoms with Crippen molar-refractivity contribution in [3.8, 4) is 0 Å². The lowest BCUT2D eigenvalue weighted by molar-refractivity contribution is 0.334. The van der Waals surface area contributed by atoms with Gasteiger partial charge in [0.05, 0.1) is 6.54 Å². The van der Waals surface area contributed by atoms with Gasteiger partial charge in [0.15, 0.2) is 0 Å². The molecule has 0 aromatic carbocycles. The standard InChI is InChI=1S/C11H18N4O/c12-7-10-13-14-11(16-10)15-6-5-8-3-1-2-4-9(8)15/h8-9H,1-7,12H2. The van der Waals surface area contributed by atoms with Gasteiger partial charge in [0.2, 0.25) is 5.89 Å². The second-order valence-electron chi connectivity index (χ2n) is 4.78. The van der Waals surface area contributed by atoms with Crippen LogP contribution in [0.1, 0.15) is 38.0 Å². The Hall–Kier alpha value is -1.10. The minimum atomic E-state index is 0.328. The molecular weight excluding hydrogens is 204 g/mol. The first-order valence-electron chi connectivity index (χ1n) is 6.17. The number of fused-ring (bicyclic) bond motifs is 1. The van der Waals surface area contributed by atoms with E-state index >= 15 is 0 Å². The number of nitrogens with zero attached hydrogens (tertiary/aromatic N) is 3. The lowest BCUT2D eigenvalue weighted by Crippen LogP contribution is -2.34. The van der Waals surface area contributed by atoms with E-state index < -0.39 is 0 Å². The molecule has 1 aliphatic carbocycles. The zero-order valence-corrected chi connectivity index (χ0v) is 9.43. The molecule has 5 nitrogen and oxygen atoms in total. The molecule has 2 aliphatic rings. The second-order valence-corrected chi connectivity index (χ2v) is 4.78. The fourth-order valence-electron chi connectivity index (χ4n) is 3.09. The average molecular weight is 222 g/mol. The number of anilines is 1. The van der Waals surface area contributed by atoms with Gasteiger partial charge in [-0.25, -0.2) is 0 Å². The van der Waals surface area contributed by atoms with Gasteiger partial charge in [-0.05, 0) is 25.2 Å². The molecule has 1 aromatic heterocycles. The quantitative estimate of drug-likeness (QED) is 0.816. The summed E-state index contributed by atoms with van der Waals surface area (Å²) in [5.41, 5.74) is 5.48. The van der Waals surface area contributed by atoms with Crippen molar-refractivity contribution in [3.05, 3.63) is 5.89 Å². The van der Waals surface area contributed by atoms with Crippen LogP contribution in [0.15, 0.2) is 4.42 Å². The van der Waals surface area contributed by atoms with Crippen LogP contribution in [0.5, 0.6) is 0 Å². The number of rotatable bonds is 2. The molecule has 88 valence electrons. The Balaban J connectivity index is 1.79. The first-order valence-corrected chi connectivity index (χ1v) is 6.17. The Morgan fingerprint density at radius 3 is 2.94 bits per heavy atom. The third-order valence-corrected chi connectivity index (χ3v) is 3.89. The topological polar surface area (TPSA) is 68.2 Å². The van der Waals surface area contributed by atoms with Crippen molar-refractivity contribution >= 4 is 6.01 Å². The third-order valence-electron chi connectivity index (χ3n) is 3.89. The van der Waals surface area contributed by atoms with Crippen LogP contribution in [0.4, 0.5) is 6.01 Å². The Bertz CT molecular complexity index is 365. The van der Waals surface area contributed by atoms with E-state index in [2.05, 4.69) is 15.1 Å². The van der Waals surface area contributed by atoms with E-state index in [4.69, 9.17) is 10.2 Å². The second kappa shape index (κ2) is 4.05. The van der Waals surface area contributed by atoms with Crippen LogP contribution in [0.3, 0.4) is 0 Å². The predicted molar refractivity (Wildman–Crippen MR) is 59.9 cm³/mol. The molecule has 2 N–H and O–H groups in total. The number of aromatic nitrogens is 2. The van der Waals surface area contributed by atoms with E-state index in [9.17, 15) is 0 Å². The van der Waals surface area contributed by atoms with Crippen LogP contribution in [0.25, 0.3) is 0 Å². The summed E-state index contributed by atoms with van der Waals surface area (Å²) in [5, 5.41) is 8.02. The summed E-state index contributed by atoms with van der Waals surface area (Å²) in [6.45, 7) is 1.39. The van der Waals surface area contributed by atoms with Crippen molar-refractivity contribution < 1.29 is 4.42 Å². The highest BCUT2D eigenvalue weighted by atomic mass is 16.4. The minimum Gasteiger partial charge on any atom is -0.407 e. The predicted octanol–water partition coefficient (Wildman–Crippen LogP) is 1.30. The van der Waals surface area contributed by atoms with Crippen LogP contribution in [0.2, 0.25) is 0 Å². The SMILES string of the molecule is NCc1nnc(N2CCC3CCCCC32)o1. The molecule has 2 fully saturated rings. The van der Waals surface area contributed by atoms with E-state index in [1.807, 2.05) is 0 Å². The van der Waals surface area contributed by atoms with Gasteiger partial charge in [-0.1, -0.05) is 17.9 Å². The minimum absolute atomic E-state index is 0.328. The Morgan fingerprint density at radius 1 is 1.25 bits per heavy atom. The Morgan fingerprint density at radius 2 is 2.12 bits per heavy atom. The molecule has 0 amide bonds. The Kier molecular flexibility index (Phi) is 2.55. The number of nitrogens with two attached hydrogens (primary N) is 1. The molecule has 1 aliphatic heterocycles. The van der Waals surface area contributed by atoms with Crippen molar-refractivity contribution in [1.82, 2.24) is 10.2 Å². The molecule has 0 bridgehead atoms. The summed E-state index contributed by atoms with van der Waals surface area (Å²) >= 11 is 0. The van der Waals surface area contributed by atoms with Gasteiger partial charge in [-0.3, -0.25) is 0 Å². The monoisotopic (exact) mass is 222 g/mol. The summed E-state index contributed by atoms with van der Waals surface area (Å²) in [6.07, 6.45) is 6.61. The molecule has 0 radical (unpaired) electrons. The van der Waals surface area contributed by atoms with E-state index in [0.717, 1.165) is 12.5 Å². The molecule has 16 heavy (non-hydrogen) atoms. The van der Waals surface area contributed by atoms with E-state index in [1.54, 1.807) is 0 Å². The van der Waals surface area contributed by atoms with Gasteiger partial charge in [0.25, 0.3) is 0 Å². The van der Waals surface area contributed by atoms with Crippen molar-refractivity contribution in [2.45, 2.75) is 44.7 Å². The van der Waals surface area contributed by atoms with Crippen molar-refractivity contribution in [2.75, 3.05) is 11.4 Å². The summed E-state index contributed by atoms with van der Waals surface area (Å²) in [7, 11) is 0. The van der Waals surface area contributed by atoms with Crippen molar-refractivity contribution in [1.29, 1.82) is 0 Å². The van der Waals surface area contributed by atoms with Crippen LogP contribution in [-0.2, 0) is 6.54 Å². The van der Waals surface area contributed by atoms with Crippen molar-refractivity contribution in [2.24, 2.45) is 11.7 Å². The molecule has 1 saturated carbocycles. The first kappa shape index (κ1) is 10.1. The lowest BCUT2D eigenvalue weighted by atomic mass is 9.85. The largest absolute Gasteiger partial charge is 0.407 e. The fourth-order valence-corrected chi connectivity index (χ4v) is 3.09. The normalized spacial score (nSPS) is 29.4. The van der Waals surface area contributed by atoms with Gasteiger partial charge in [-0.15, -0.1) is 5.10 Å². The van der Waals surface area contributed by atoms with Gasteiger partial charge in [-0.2, -0.15) is 0 Å². The molecule has 0 spiro atoms. The van der Waals surface area contributed by atoms with Crippen molar-refractivity contribution in [3.63, 3.8) is 0 Å². The third kappa shape index (κ3) is 1.59. The fraction of sp³-hybridized carbons (Fsp3) is 0.818. The molecule has 2 unspecified atom stereocenters. The maximum atomic E-state index is 5.54. The molecule has 1 aromatic rings. The van der Waals surface area contributed by atoms with Crippen LogP contribution in [0, 0.1) is 5.92 Å². The summed E-state index contributed by atoms with van der Waals surface area (Å²) in [5.74, 6) is 1.37. The van der Waals surface area contributed by atoms with Crippen LogP contribution in [-0.4, -0.2) is 22.8 Å². The first-order chi connectivity index (χ1) is 7.88. The number of hydrogen-bond acceptors (Lipinski definition) is 5. The molecular formula is C11H18N4O. The molecule has 1 saturated heterocycles.